The summed E-state index contributed by atoms with van der Waals surface area (Å²) in [6, 6.07) is 4.66. The average molecular weight is 380 g/mol. The van der Waals surface area contributed by atoms with Gasteiger partial charge in [-0.1, -0.05) is 0 Å². The van der Waals surface area contributed by atoms with Crippen LogP contribution in [0.5, 0.6) is 0 Å². The van der Waals surface area contributed by atoms with Crippen LogP contribution in [0.15, 0.2) is 36.3 Å². The first-order valence-electron chi connectivity index (χ1n) is 7.11. The first-order chi connectivity index (χ1) is 12.2. The summed E-state index contributed by atoms with van der Waals surface area (Å²) in [5, 5.41) is 3.18. The summed E-state index contributed by atoms with van der Waals surface area (Å²) in [4.78, 5) is 31.4. The molecule has 1 aromatic carbocycles. The molecule has 2 rings (SSSR count). The molecule has 0 atom stereocenters. The number of anilines is 2. The lowest BCUT2D eigenvalue weighted by atomic mass is 10.2. The molecule has 0 fully saturated rings. The van der Waals surface area contributed by atoms with Crippen LogP contribution < -0.4 is 10.0 Å². The Labute approximate surface area is 149 Å². The summed E-state index contributed by atoms with van der Waals surface area (Å²) in [5.41, 5.74) is 0.461. The predicted molar refractivity (Wildman–Crippen MR) is 93.7 cm³/mol. The average Bonchev–Trinajstić information content (AvgIpc) is 2.60. The Morgan fingerprint density at radius 1 is 1.12 bits per heavy atom. The van der Waals surface area contributed by atoms with Gasteiger partial charge < -0.3 is 14.8 Å². The number of hydrogen-bond acceptors (Lipinski definition) is 9. The molecule has 1 aromatic heterocycles. The maximum absolute atomic E-state index is 11.7. The zero-order chi connectivity index (χ0) is 19.3. The number of benzene rings is 1. The molecule has 138 valence electrons. The molecule has 0 radical (unpaired) electrons. The molecule has 1 heterocycles. The molecule has 0 saturated carbocycles. The second-order valence-electron chi connectivity index (χ2n) is 5.01. The molecular formula is C15H16N4O6S. The number of methoxy groups -OCH3 is 2. The number of sulfonamides is 1. The standard InChI is InChI=1S/C15H16N4O6S/c1-24-14(20)11(15(21)25-2)7-16-13-10-6-9(19-26(3,22)23)4-5-12(10)17-8-18-13/h4-8,19H,1-3H3,(H,16,17,18). The molecule has 0 aliphatic rings. The third kappa shape index (κ3) is 4.66. The summed E-state index contributed by atoms with van der Waals surface area (Å²) in [5.74, 6) is -1.53. The number of carbonyl (C=O) groups is 2. The monoisotopic (exact) mass is 380 g/mol. The van der Waals surface area contributed by atoms with Crippen LogP contribution in [0.3, 0.4) is 0 Å². The highest BCUT2D eigenvalue weighted by Gasteiger charge is 2.20. The summed E-state index contributed by atoms with van der Waals surface area (Å²) in [7, 11) is -1.20. The largest absolute Gasteiger partial charge is 0.465 e. The van der Waals surface area contributed by atoms with E-state index in [1.165, 1.54) is 12.4 Å². The molecule has 26 heavy (non-hydrogen) atoms. The highest BCUT2D eigenvalue weighted by molar-refractivity contribution is 7.92. The third-order valence-electron chi connectivity index (χ3n) is 3.10. The van der Waals surface area contributed by atoms with E-state index >= 15 is 0 Å². The summed E-state index contributed by atoms with van der Waals surface area (Å²) >= 11 is 0. The second-order valence-corrected chi connectivity index (χ2v) is 6.76. The van der Waals surface area contributed by atoms with Gasteiger partial charge in [0.05, 0.1) is 26.0 Å². The van der Waals surface area contributed by atoms with E-state index in [0.29, 0.717) is 16.6 Å². The Morgan fingerprint density at radius 2 is 1.77 bits per heavy atom. The number of ether oxygens (including phenoxy) is 2. The first kappa shape index (κ1) is 19.1. The van der Waals surface area contributed by atoms with E-state index in [-0.39, 0.29) is 11.4 Å². The van der Waals surface area contributed by atoms with Crippen LogP contribution in [0.1, 0.15) is 0 Å². The number of aromatic nitrogens is 2. The molecule has 0 aliphatic carbocycles. The number of nitrogens with zero attached hydrogens (tertiary/aromatic N) is 2. The van der Waals surface area contributed by atoms with Crippen molar-refractivity contribution in [1.82, 2.24) is 9.97 Å². The lowest BCUT2D eigenvalue weighted by molar-refractivity contribution is -0.144. The van der Waals surface area contributed by atoms with Gasteiger partial charge in [-0.2, -0.15) is 0 Å². The maximum Gasteiger partial charge on any atom is 0.346 e. The van der Waals surface area contributed by atoms with Gasteiger partial charge in [0.15, 0.2) is 5.57 Å². The van der Waals surface area contributed by atoms with Crippen LogP contribution in [0, 0.1) is 0 Å². The minimum absolute atomic E-state index is 0.248. The highest BCUT2D eigenvalue weighted by Crippen LogP contribution is 2.23. The van der Waals surface area contributed by atoms with Crippen LogP contribution in [0.25, 0.3) is 10.9 Å². The van der Waals surface area contributed by atoms with Crippen molar-refractivity contribution in [3.63, 3.8) is 0 Å². The Balaban J connectivity index is 2.45. The summed E-state index contributed by atoms with van der Waals surface area (Å²) < 4.78 is 34.2. The van der Waals surface area contributed by atoms with Crippen LogP contribution in [-0.2, 0) is 29.1 Å². The molecule has 2 aromatic rings. The second kappa shape index (κ2) is 7.78. The molecule has 0 saturated heterocycles. The number of rotatable bonds is 6. The fraction of sp³-hybridized carbons (Fsp3) is 0.200. The zero-order valence-corrected chi connectivity index (χ0v) is 15.0. The van der Waals surface area contributed by atoms with Gasteiger partial charge >= 0.3 is 11.9 Å². The van der Waals surface area contributed by atoms with Gasteiger partial charge in [0.1, 0.15) is 12.1 Å². The number of nitrogens with one attached hydrogen (secondary N) is 2. The SMILES string of the molecule is COC(=O)C(=CNc1ncnc2ccc(NS(C)(=O)=O)cc12)C(=O)OC. The third-order valence-corrected chi connectivity index (χ3v) is 3.71. The van der Waals surface area contributed by atoms with Crippen molar-refractivity contribution >= 4 is 44.4 Å². The number of hydrogen-bond donors (Lipinski definition) is 2. The quantitative estimate of drug-likeness (QED) is 0.320. The van der Waals surface area contributed by atoms with Crippen LogP contribution in [-0.4, -0.2) is 50.8 Å². The van der Waals surface area contributed by atoms with Crippen molar-refractivity contribution < 1.29 is 27.5 Å². The molecule has 11 heteroatoms. The van der Waals surface area contributed by atoms with Crippen molar-refractivity contribution in [1.29, 1.82) is 0 Å². The molecular weight excluding hydrogens is 364 g/mol. The van der Waals surface area contributed by atoms with Gasteiger partial charge in [0.25, 0.3) is 0 Å². The van der Waals surface area contributed by atoms with Crippen molar-refractivity contribution in [2.45, 2.75) is 0 Å². The van der Waals surface area contributed by atoms with Gasteiger partial charge in [0, 0.05) is 17.3 Å². The zero-order valence-electron chi connectivity index (χ0n) is 14.1. The van der Waals surface area contributed by atoms with Crippen molar-refractivity contribution in [3.8, 4) is 0 Å². The Hall–Kier alpha value is -3.21. The molecule has 10 nitrogen and oxygen atoms in total. The Bertz CT molecular complexity index is 969. The smallest absolute Gasteiger partial charge is 0.346 e. The molecule has 0 unspecified atom stereocenters. The maximum atomic E-state index is 11.7. The summed E-state index contributed by atoms with van der Waals surface area (Å²) in [6.45, 7) is 0. The number of carbonyl (C=O) groups excluding carboxylic acids is 2. The van der Waals surface area contributed by atoms with E-state index in [1.54, 1.807) is 12.1 Å². The summed E-state index contributed by atoms with van der Waals surface area (Å²) in [6.07, 6.45) is 3.40. The van der Waals surface area contributed by atoms with E-state index in [2.05, 4.69) is 29.5 Å². The van der Waals surface area contributed by atoms with Gasteiger partial charge in [0.2, 0.25) is 10.0 Å². The Morgan fingerprint density at radius 3 is 2.35 bits per heavy atom. The highest BCUT2D eigenvalue weighted by atomic mass is 32.2. The van der Waals surface area contributed by atoms with Crippen LogP contribution >= 0.6 is 0 Å². The van der Waals surface area contributed by atoms with Gasteiger partial charge in [-0.15, -0.1) is 0 Å². The normalized spacial score (nSPS) is 10.7. The van der Waals surface area contributed by atoms with E-state index < -0.39 is 22.0 Å². The number of esters is 2. The van der Waals surface area contributed by atoms with Gasteiger partial charge in [-0.25, -0.2) is 28.0 Å². The molecule has 0 aliphatic heterocycles. The van der Waals surface area contributed by atoms with Crippen LogP contribution in [0.2, 0.25) is 0 Å². The van der Waals surface area contributed by atoms with Crippen molar-refractivity contribution in [2.75, 3.05) is 30.5 Å². The van der Waals surface area contributed by atoms with Crippen molar-refractivity contribution in [3.05, 3.63) is 36.3 Å². The van der Waals surface area contributed by atoms with Gasteiger partial charge in [-0.3, -0.25) is 4.72 Å². The first-order valence-corrected chi connectivity index (χ1v) is 9.00. The lowest BCUT2D eigenvalue weighted by Crippen LogP contribution is -2.17. The Kier molecular flexibility index (Phi) is 5.72. The van der Waals surface area contributed by atoms with E-state index in [9.17, 15) is 18.0 Å². The van der Waals surface area contributed by atoms with E-state index in [1.807, 2.05) is 0 Å². The molecule has 2 N–H and O–H groups in total. The van der Waals surface area contributed by atoms with Crippen LogP contribution in [0.4, 0.5) is 11.5 Å². The van der Waals surface area contributed by atoms with E-state index in [0.717, 1.165) is 26.7 Å². The minimum atomic E-state index is -3.46. The molecule has 0 spiro atoms. The fourth-order valence-electron chi connectivity index (χ4n) is 2.01. The fourth-order valence-corrected chi connectivity index (χ4v) is 2.57. The lowest BCUT2D eigenvalue weighted by Gasteiger charge is -2.09. The number of fused-ring (bicyclic) bond motifs is 1. The minimum Gasteiger partial charge on any atom is -0.465 e. The van der Waals surface area contributed by atoms with E-state index in [4.69, 9.17) is 0 Å². The predicted octanol–water partition coefficient (Wildman–Crippen LogP) is 0.643. The molecule has 0 amide bonds. The topological polar surface area (TPSA) is 137 Å². The molecule has 0 bridgehead atoms. The van der Waals surface area contributed by atoms with Crippen molar-refractivity contribution in [2.24, 2.45) is 0 Å². The van der Waals surface area contributed by atoms with Gasteiger partial charge in [-0.05, 0) is 18.2 Å².